The van der Waals surface area contributed by atoms with Gasteiger partial charge >= 0.3 is 0 Å². The van der Waals surface area contributed by atoms with Gasteiger partial charge in [0.1, 0.15) is 0 Å². The van der Waals surface area contributed by atoms with E-state index in [2.05, 4.69) is 45.0 Å². The van der Waals surface area contributed by atoms with E-state index in [0.717, 1.165) is 18.4 Å². The van der Waals surface area contributed by atoms with Gasteiger partial charge in [-0.15, -0.1) is 0 Å². The van der Waals surface area contributed by atoms with Crippen LogP contribution >= 0.6 is 0 Å². The Morgan fingerprint density at radius 3 is 2.50 bits per heavy atom. The lowest BCUT2D eigenvalue weighted by molar-refractivity contribution is -0.243. The van der Waals surface area contributed by atoms with Crippen LogP contribution in [-0.4, -0.2) is 12.2 Å². The lowest BCUT2D eigenvalue weighted by Crippen LogP contribution is -2.31. The average Bonchev–Trinajstić information content (AvgIpc) is 2.29. The average molecular weight is 220 g/mol. The Morgan fingerprint density at radius 2 is 1.88 bits per heavy atom. The molecular weight excluding hydrogens is 200 g/mol. The highest BCUT2D eigenvalue weighted by molar-refractivity contribution is 5.22. The van der Waals surface area contributed by atoms with Crippen LogP contribution in [0, 0.1) is 6.92 Å². The Bertz CT molecular complexity index is 331. The molecule has 0 aromatic heterocycles. The highest BCUT2D eigenvalue weighted by atomic mass is 16.7. The van der Waals surface area contributed by atoms with Crippen molar-refractivity contribution in [1.29, 1.82) is 0 Å². The Morgan fingerprint density at radius 1 is 1.19 bits per heavy atom. The molecule has 0 radical (unpaired) electrons. The molecule has 1 aliphatic heterocycles. The first-order chi connectivity index (χ1) is 7.69. The van der Waals surface area contributed by atoms with Gasteiger partial charge in [0.05, 0.1) is 12.2 Å². The lowest BCUT2D eigenvalue weighted by atomic mass is 10.1. The van der Waals surface area contributed by atoms with Crippen LogP contribution in [0.5, 0.6) is 0 Å². The van der Waals surface area contributed by atoms with Crippen molar-refractivity contribution in [2.24, 2.45) is 0 Å². The minimum atomic E-state index is -0.186. The maximum absolute atomic E-state index is 5.91. The third-order valence-electron chi connectivity index (χ3n) is 3.07. The number of benzene rings is 1. The Kier molecular flexibility index (Phi) is 3.62. The fourth-order valence-corrected chi connectivity index (χ4v) is 2.04. The van der Waals surface area contributed by atoms with Gasteiger partial charge in [-0.3, -0.25) is 0 Å². The quantitative estimate of drug-likeness (QED) is 0.758. The standard InChI is InChI=1S/C14H20O2/c1-4-13-9-11(3)15-14(16-13)12-7-5-10(2)6-8-12/h5-8,11,13-14H,4,9H2,1-3H3. The minimum absolute atomic E-state index is 0.186. The van der Waals surface area contributed by atoms with Crippen molar-refractivity contribution >= 4 is 0 Å². The second kappa shape index (κ2) is 4.98. The molecule has 16 heavy (non-hydrogen) atoms. The minimum Gasteiger partial charge on any atom is -0.345 e. The van der Waals surface area contributed by atoms with E-state index < -0.39 is 0 Å². The van der Waals surface area contributed by atoms with E-state index in [0.29, 0.717) is 6.10 Å². The molecule has 1 aromatic rings. The molecule has 2 rings (SSSR count). The van der Waals surface area contributed by atoms with Gasteiger partial charge in [0.15, 0.2) is 6.29 Å². The smallest absolute Gasteiger partial charge is 0.184 e. The predicted octanol–water partition coefficient (Wildman–Crippen LogP) is 3.60. The summed E-state index contributed by atoms with van der Waals surface area (Å²) in [5, 5.41) is 0. The molecule has 0 aliphatic carbocycles. The fourth-order valence-electron chi connectivity index (χ4n) is 2.04. The highest BCUT2D eigenvalue weighted by Gasteiger charge is 2.27. The monoisotopic (exact) mass is 220 g/mol. The summed E-state index contributed by atoms with van der Waals surface area (Å²) in [5.41, 5.74) is 2.38. The molecule has 2 heteroatoms. The molecule has 1 aliphatic rings. The SMILES string of the molecule is CCC1CC(C)OC(c2ccc(C)cc2)O1. The van der Waals surface area contributed by atoms with Crippen LogP contribution in [0.15, 0.2) is 24.3 Å². The fraction of sp³-hybridized carbons (Fsp3) is 0.571. The number of rotatable bonds is 2. The van der Waals surface area contributed by atoms with Crippen molar-refractivity contribution in [3.63, 3.8) is 0 Å². The predicted molar refractivity (Wildman–Crippen MR) is 64.2 cm³/mol. The highest BCUT2D eigenvalue weighted by Crippen LogP contribution is 2.30. The van der Waals surface area contributed by atoms with Crippen LogP contribution in [0.3, 0.4) is 0 Å². The van der Waals surface area contributed by atoms with Crippen molar-refractivity contribution in [1.82, 2.24) is 0 Å². The summed E-state index contributed by atoms with van der Waals surface area (Å²) < 4.78 is 11.7. The van der Waals surface area contributed by atoms with Gasteiger partial charge in [-0.2, -0.15) is 0 Å². The first kappa shape index (κ1) is 11.6. The lowest BCUT2D eigenvalue weighted by Gasteiger charge is -2.34. The van der Waals surface area contributed by atoms with Crippen LogP contribution in [0.4, 0.5) is 0 Å². The van der Waals surface area contributed by atoms with Gasteiger partial charge in [-0.05, 0) is 26.7 Å². The summed E-state index contributed by atoms with van der Waals surface area (Å²) in [5.74, 6) is 0. The molecule has 1 aromatic carbocycles. The van der Waals surface area contributed by atoms with Crippen LogP contribution in [0.2, 0.25) is 0 Å². The van der Waals surface area contributed by atoms with Crippen LogP contribution in [-0.2, 0) is 9.47 Å². The summed E-state index contributed by atoms with van der Waals surface area (Å²) in [6.45, 7) is 6.37. The van der Waals surface area contributed by atoms with Crippen LogP contribution in [0.25, 0.3) is 0 Å². The molecule has 2 nitrogen and oxygen atoms in total. The molecule has 1 saturated heterocycles. The summed E-state index contributed by atoms with van der Waals surface area (Å²) >= 11 is 0. The van der Waals surface area contributed by atoms with Gasteiger partial charge in [-0.25, -0.2) is 0 Å². The number of hydrogen-bond donors (Lipinski definition) is 0. The van der Waals surface area contributed by atoms with Crippen LogP contribution in [0.1, 0.15) is 44.1 Å². The van der Waals surface area contributed by atoms with E-state index in [9.17, 15) is 0 Å². The van der Waals surface area contributed by atoms with E-state index >= 15 is 0 Å². The van der Waals surface area contributed by atoms with E-state index in [4.69, 9.17) is 9.47 Å². The molecular formula is C14H20O2. The number of aryl methyl sites for hydroxylation is 1. The third-order valence-corrected chi connectivity index (χ3v) is 3.07. The Hall–Kier alpha value is -0.860. The van der Waals surface area contributed by atoms with Crippen molar-refractivity contribution in [3.8, 4) is 0 Å². The normalized spacial score (nSPS) is 30.3. The number of ether oxygens (including phenoxy) is 2. The van der Waals surface area contributed by atoms with Gasteiger partial charge in [0.2, 0.25) is 0 Å². The van der Waals surface area contributed by atoms with E-state index in [-0.39, 0.29) is 12.4 Å². The maximum atomic E-state index is 5.91. The summed E-state index contributed by atoms with van der Waals surface area (Å²) in [7, 11) is 0. The third kappa shape index (κ3) is 2.63. The molecule has 0 amide bonds. The number of hydrogen-bond acceptors (Lipinski definition) is 2. The van der Waals surface area contributed by atoms with Gasteiger partial charge in [0, 0.05) is 5.56 Å². The molecule has 88 valence electrons. The van der Waals surface area contributed by atoms with Crippen molar-refractivity contribution in [2.45, 2.75) is 52.1 Å². The maximum Gasteiger partial charge on any atom is 0.184 e. The van der Waals surface area contributed by atoms with Crippen LogP contribution < -0.4 is 0 Å². The topological polar surface area (TPSA) is 18.5 Å². The van der Waals surface area contributed by atoms with Crippen molar-refractivity contribution in [3.05, 3.63) is 35.4 Å². The molecule has 1 fully saturated rings. The first-order valence-electron chi connectivity index (χ1n) is 6.06. The molecule has 0 saturated carbocycles. The first-order valence-corrected chi connectivity index (χ1v) is 6.06. The molecule has 0 spiro atoms. The van der Waals surface area contributed by atoms with E-state index in [1.807, 2.05) is 0 Å². The largest absolute Gasteiger partial charge is 0.345 e. The van der Waals surface area contributed by atoms with Crippen molar-refractivity contribution < 1.29 is 9.47 Å². The zero-order valence-electron chi connectivity index (χ0n) is 10.3. The van der Waals surface area contributed by atoms with Gasteiger partial charge in [0.25, 0.3) is 0 Å². The summed E-state index contributed by atoms with van der Waals surface area (Å²) in [6, 6.07) is 8.38. The zero-order valence-corrected chi connectivity index (χ0v) is 10.3. The van der Waals surface area contributed by atoms with E-state index in [1.165, 1.54) is 5.56 Å². The van der Waals surface area contributed by atoms with E-state index in [1.54, 1.807) is 0 Å². The van der Waals surface area contributed by atoms with Gasteiger partial charge in [-0.1, -0.05) is 36.8 Å². The second-order valence-electron chi connectivity index (χ2n) is 4.59. The molecule has 0 N–H and O–H groups in total. The zero-order chi connectivity index (χ0) is 11.5. The molecule has 3 unspecified atom stereocenters. The summed E-state index contributed by atoms with van der Waals surface area (Å²) in [6.07, 6.45) is 2.48. The summed E-state index contributed by atoms with van der Waals surface area (Å²) in [4.78, 5) is 0. The molecule has 1 heterocycles. The van der Waals surface area contributed by atoms with Crippen molar-refractivity contribution in [2.75, 3.05) is 0 Å². The second-order valence-corrected chi connectivity index (χ2v) is 4.59. The van der Waals surface area contributed by atoms with Gasteiger partial charge < -0.3 is 9.47 Å². The molecule has 3 atom stereocenters. The Labute approximate surface area is 97.6 Å². The molecule has 0 bridgehead atoms. The Balaban J connectivity index is 2.11.